The van der Waals surface area contributed by atoms with Crippen LogP contribution in [-0.4, -0.2) is 6.29 Å². The first kappa shape index (κ1) is 12.6. The lowest BCUT2D eigenvalue weighted by Crippen LogP contribution is -1.84. The summed E-state index contributed by atoms with van der Waals surface area (Å²) in [6.07, 6.45) is 4.27. The standard InChI is InChI=1S/C5H10O.C4H6O/c1-5(2)3-4-6;1-3-5-4-2/h4-5H,3H2,1-2H3;3-4H,1-2H2. The van der Waals surface area contributed by atoms with Gasteiger partial charge in [-0.2, -0.15) is 0 Å². The van der Waals surface area contributed by atoms with Crippen LogP contribution in [-0.2, 0) is 9.53 Å². The summed E-state index contributed by atoms with van der Waals surface area (Å²) >= 11 is 0. The molecular weight excluding hydrogens is 140 g/mol. The third-order valence-electron chi connectivity index (χ3n) is 0.760. The largest absolute Gasteiger partial charge is 0.474 e. The lowest BCUT2D eigenvalue weighted by molar-refractivity contribution is -0.108. The Morgan fingerprint density at radius 3 is 1.82 bits per heavy atom. The van der Waals surface area contributed by atoms with Crippen molar-refractivity contribution in [3.05, 3.63) is 25.7 Å². The van der Waals surface area contributed by atoms with Crippen LogP contribution in [0.25, 0.3) is 0 Å². The Hall–Kier alpha value is -1.05. The number of rotatable bonds is 4. The number of hydrogen-bond donors (Lipinski definition) is 0. The normalized spacial score (nSPS) is 7.55. The molecule has 0 aliphatic rings. The van der Waals surface area contributed by atoms with Gasteiger partial charge in [-0.25, -0.2) is 0 Å². The zero-order chi connectivity index (χ0) is 9.11. The minimum Gasteiger partial charge on any atom is -0.474 e. The van der Waals surface area contributed by atoms with E-state index < -0.39 is 0 Å². The maximum atomic E-state index is 9.62. The fraction of sp³-hybridized carbons (Fsp3) is 0.444. The van der Waals surface area contributed by atoms with E-state index in [1.165, 1.54) is 12.5 Å². The molecule has 0 aromatic heterocycles. The molecular formula is C9H16O2. The molecule has 64 valence electrons. The average Bonchev–Trinajstić information content (AvgIpc) is 1.90. The van der Waals surface area contributed by atoms with Crippen LogP contribution < -0.4 is 0 Å². The van der Waals surface area contributed by atoms with E-state index >= 15 is 0 Å². The molecule has 0 aliphatic carbocycles. The molecule has 0 spiro atoms. The summed E-state index contributed by atoms with van der Waals surface area (Å²) < 4.78 is 4.36. The molecule has 0 bridgehead atoms. The Balaban J connectivity index is 0. The van der Waals surface area contributed by atoms with Gasteiger partial charge in [-0.05, 0) is 5.92 Å². The van der Waals surface area contributed by atoms with Gasteiger partial charge in [0.15, 0.2) is 0 Å². The van der Waals surface area contributed by atoms with Gasteiger partial charge in [-0.15, -0.1) is 0 Å². The second kappa shape index (κ2) is 11.7. The summed E-state index contributed by atoms with van der Waals surface area (Å²) in [7, 11) is 0. The Kier molecular flexibility index (Phi) is 13.4. The molecule has 2 nitrogen and oxygen atoms in total. The number of ether oxygens (including phenoxy) is 1. The summed E-state index contributed by atoms with van der Waals surface area (Å²) in [5, 5.41) is 0. The molecule has 0 aromatic carbocycles. The molecule has 0 rings (SSSR count). The Bertz CT molecular complexity index is 100. The van der Waals surface area contributed by atoms with Gasteiger partial charge in [0.2, 0.25) is 0 Å². The second-order valence-corrected chi connectivity index (χ2v) is 2.27. The maximum absolute atomic E-state index is 9.62. The zero-order valence-corrected chi connectivity index (χ0v) is 7.25. The molecule has 0 N–H and O–H groups in total. The van der Waals surface area contributed by atoms with E-state index in [-0.39, 0.29) is 0 Å². The highest BCUT2D eigenvalue weighted by Gasteiger charge is 1.85. The van der Waals surface area contributed by atoms with Crippen molar-refractivity contribution >= 4 is 6.29 Å². The summed E-state index contributed by atoms with van der Waals surface area (Å²) in [5.74, 6) is 0.530. The molecule has 0 amide bonds. The van der Waals surface area contributed by atoms with Crippen LogP contribution in [0.3, 0.4) is 0 Å². The molecule has 0 heterocycles. The van der Waals surface area contributed by atoms with Crippen molar-refractivity contribution < 1.29 is 9.53 Å². The Labute approximate surface area is 68.6 Å². The van der Waals surface area contributed by atoms with Crippen molar-refractivity contribution in [2.24, 2.45) is 5.92 Å². The van der Waals surface area contributed by atoms with Crippen molar-refractivity contribution in [3.63, 3.8) is 0 Å². The van der Waals surface area contributed by atoms with Crippen molar-refractivity contribution in [1.82, 2.24) is 0 Å². The van der Waals surface area contributed by atoms with Gasteiger partial charge in [0.1, 0.15) is 6.29 Å². The van der Waals surface area contributed by atoms with E-state index in [4.69, 9.17) is 0 Å². The molecule has 0 fully saturated rings. The molecule has 0 radical (unpaired) electrons. The number of aldehydes is 1. The van der Waals surface area contributed by atoms with Crippen molar-refractivity contribution in [2.45, 2.75) is 20.3 Å². The highest BCUT2D eigenvalue weighted by molar-refractivity contribution is 5.49. The second-order valence-electron chi connectivity index (χ2n) is 2.27. The third kappa shape index (κ3) is 27.7. The smallest absolute Gasteiger partial charge is 0.120 e. The molecule has 11 heavy (non-hydrogen) atoms. The number of carbonyl (C=O) groups excluding carboxylic acids is 1. The first-order valence-electron chi connectivity index (χ1n) is 3.49. The first-order chi connectivity index (χ1) is 5.18. The fourth-order valence-corrected chi connectivity index (χ4v) is 0.260. The Morgan fingerprint density at radius 1 is 1.36 bits per heavy atom. The third-order valence-corrected chi connectivity index (χ3v) is 0.760. The Morgan fingerprint density at radius 2 is 1.82 bits per heavy atom. The van der Waals surface area contributed by atoms with E-state index in [0.717, 1.165) is 6.29 Å². The van der Waals surface area contributed by atoms with Gasteiger partial charge in [0.25, 0.3) is 0 Å². The number of carbonyl (C=O) groups is 1. The van der Waals surface area contributed by atoms with Crippen LogP contribution in [0.4, 0.5) is 0 Å². The predicted octanol–water partition coefficient (Wildman–Crippen LogP) is 2.52. The van der Waals surface area contributed by atoms with Crippen LogP contribution in [0.2, 0.25) is 0 Å². The quantitative estimate of drug-likeness (QED) is 0.462. The average molecular weight is 156 g/mol. The van der Waals surface area contributed by atoms with E-state index in [2.05, 4.69) is 17.9 Å². The van der Waals surface area contributed by atoms with Crippen LogP contribution in [0.1, 0.15) is 20.3 Å². The lowest BCUT2D eigenvalue weighted by atomic mass is 10.2. The summed E-state index contributed by atoms with van der Waals surface area (Å²) in [6.45, 7) is 10.6. The monoisotopic (exact) mass is 156 g/mol. The molecule has 0 aliphatic heterocycles. The molecule has 0 aromatic rings. The predicted molar refractivity (Wildman–Crippen MR) is 47.0 cm³/mol. The lowest BCUT2D eigenvalue weighted by Gasteiger charge is -1.89. The van der Waals surface area contributed by atoms with Gasteiger partial charge in [0, 0.05) is 6.42 Å². The summed E-state index contributed by atoms with van der Waals surface area (Å²) in [5.41, 5.74) is 0. The summed E-state index contributed by atoms with van der Waals surface area (Å²) in [6, 6.07) is 0. The minimum atomic E-state index is 0.530. The van der Waals surface area contributed by atoms with Crippen LogP contribution in [0.15, 0.2) is 25.7 Å². The topological polar surface area (TPSA) is 26.3 Å². The fourth-order valence-electron chi connectivity index (χ4n) is 0.260. The molecule has 0 saturated carbocycles. The molecule has 0 saturated heterocycles. The van der Waals surface area contributed by atoms with Crippen LogP contribution in [0.5, 0.6) is 0 Å². The van der Waals surface area contributed by atoms with Crippen LogP contribution >= 0.6 is 0 Å². The van der Waals surface area contributed by atoms with E-state index in [9.17, 15) is 4.79 Å². The van der Waals surface area contributed by atoms with Crippen LogP contribution in [0, 0.1) is 5.92 Å². The first-order valence-corrected chi connectivity index (χ1v) is 3.49. The van der Waals surface area contributed by atoms with E-state index in [1.807, 2.05) is 13.8 Å². The van der Waals surface area contributed by atoms with Gasteiger partial charge in [-0.1, -0.05) is 27.0 Å². The highest BCUT2D eigenvalue weighted by atomic mass is 16.5. The van der Waals surface area contributed by atoms with Crippen molar-refractivity contribution in [2.75, 3.05) is 0 Å². The van der Waals surface area contributed by atoms with Gasteiger partial charge >= 0.3 is 0 Å². The van der Waals surface area contributed by atoms with Gasteiger partial charge < -0.3 is 9.53 Å². The molecule has 0 unspecified atom stereocenters. The molecule has 2 heteroatoms. The SMILES string of the molecule is C=COC=C.CC(C)CC=O. The van der Waals surface area contributed by atoms with Gasteiger partial charge in [0.05, 0.1) is 12.5 Å². The van der Waals surface area contributed by atoms with Gasteiger partial charge in [-0.3, -0.25) is 0 Å². The summed E-state index contributed by atoms with van der Waals surface area (Å²) in [4.78, 5) is 9.62. The molecule has 0 atom stereocenters. The number of hydrogen-bond acceptors (Lipinski definition) is 2. The van der Waals surface area contributed by atoms with Crippen molar-refractivity contribution in [3.8, 4) is 0 Å². The van der Waals surface area contributed by atoms with E-state index in [0.29, 0.717) is 12.3 Å². The van der Waals surface area contributed by atoms with Crippen molar-refractivity contribution in [1.29, 1.82) is 0 Å². The maximum Gasteiger partial charge on any atom is 0.120 e. The zero-order valence-electron chi connectivity index (χ0n) is 7.25. The van der Waals surface area contributed by atoms with E-state index in [1.54, 1.807) is 0 Å². The highest BCUT2D eigenvalue weighted by Crippen LogP contribution is 1.92. The minimum absolute atomic E-state index is 0.530.